The molecule has 118 valence electrons. The number of ether oxygens (including phenoxy) is 4. The Hall–Kier alpha value is -2.89. The van der Waals surface area contributed by atoms with Gasteiger partial charge in [-0.1, -0.05) is 12.1 Å². The first kappa shape index (κ1) is 13.8. The van der Waals surface area contributed by atoms with Gasteiger partial charge in [0, 0.05) is 11.8 Å². The van der Waals surface area contributed by atoms with E-state index in [1.807, 2.05) is 18.2 Å². The molecule has 6 heteroatoms. The van der Waals surface area contributed by atoms with Gasteiger partial charge in [-0.15, -0.1) is 0 Å². The molecule has 2 heterocycles. The van der Waals surface area contributed by atoms with Crippen LogP contribution in [-0.2, 0) is 4.79 Å². The lowest BCUT2D eigenvalue weighted by Gasteiger charge is -2.31. The number of hydrogen-bond donors (Lipinski definition) is 1. The quantitative estimate of drug-likeness (QED) is 0.923. The van der Waals surface area contributed by atoms with E-state index >= 15 is 0 Å². The Morgan fingerprint density at radius 3 is 2.57 bits per heavy atom. The molecule has 0 saturated carbocycles. The van der Waals surface area contributed by atoms with Gasteiger partial charge in [0.2, 0.25) is 12.9 Å². The number of fused-ring (bicyclic) bond motifs is 2. The lowest BCUT2D eigenvalue weighted by atomic mass is 10.1. The largest absolute Gasteiger partial charge is 0.482 e. The Balaban J connectivity index is 1.51. The first-order chi connectivity index (χ1) is 11.2. The van der Waals surface area contributed by atoms with E-state index < -0.39 is 6.10 Å². The molecule has 2 aromatic rings. The highest BCUT2D eigenvalue weighted by molar-refractivity contribution is 5.95. The third-order valence-corrected chi connectivity index (χ3v) is 3.74. The van der Waals surface area contributed by atoms with Crippen LogP contribution >= 0.6 is 0 Å². The molecule has 0 aromatic heterocycles. The molecule has 0 saturated heterocycles. The molecule has 0 bridgehead atoms. The van der Waals surface area contributed by atoms with Gasteiger partial charge in [0.1, 0.15) is 6.10 Å². The van der Waals surface area contributed by atoms with Crippen LogP contribution in [0.5, 0.6) is 23.0 Å². The Kier molecular flexibility index (Phi) is 3.22. The number of carbonyl (C=O) groups excluding carboxylic acids is 1. The summed E-state index contributed by atoms with van der Waals surface area (Å²) in [4.78, 5) is 12.5. The van der Waals surface area contributed by atoms with Crippen molar-refractivity contribution in [2.24, 2.45) is 0 Å². The van der Waals surface area contributed by atoms with Crippen molar-refractivity contribution in [2.75, 3.05) is 12.1 Å². The highest BCUT2D eigenvalue weighted by Crippen LogP contribution is 2.35. The average Bonchev–Trinajstić information content (AvgIpc) is 3.01. The zero-order chi connectivity index (χ0) is 15.8. The molecule has 23 heavy (non-hydrogen) atoms. The van der Waals surface area contributed by atoms with Crippen LogP contribution in [0, 0.1) is 0 Å². The fraction of sp³-hybridized carbons (Fsp3) is 0.235. The molecule has 0 radical (unpaired) electrons. The van der Waals surface area contributed by atoms with Crippen LogP contribution in [0.2, 0.25) is 0 Å². The Bertz CT molecular complexity index is 760. The second-order valence-electron chi connectivity index (χ2n) is 5.37. The molecule has 1 N–H and O–H groups in total. The van der Waals surface area contributed by atoms with Gasteiger partial charge in [-0.25, -0.2) is 0 Å². The number of nitrogens with one attached hydrogen (secondary N) is 1. The number of carbonyl (C=O) groups is 1. The molecule has 6 nitrogen and oxygen atoms in total. The molecule has 0 fully saturated rings. The summed E-state index contributed by atoms with van der Waals surface area (Å²) in [5, 5.41) is 2.82. The van der Waals surface area contributed by atoms with Gasteiger partial charge in [-0.3, -0.25) is 4.79 Å². The lowest BCUT2D eigenvalue weighted by molar-refractivity contribution is -0.128. The maximum absolute atomic E-state index is 12.5. The average molecular weight is 313 g/mol. The Morgan fingerprint density at radius 1 is 1.00 bits per heavy atom. The van der Waals surface area contributed by atoms with Gasteiger partial charge < -0.3 is 24.3 Å². The maximum atomic E-state index is 12.5. The summed E-state index contributed by atoms with van der Waals surface area (Å²) in [5.41, 5.74) is 0.619. The number of hydrogen-bond acceptors (Lipinski definition) is 5. The topological polar surface area (TPSA) is 66.0 Å². The Morgan fingerprint density at radius 2 is 1.74 bits per heavy atom. The van der Waals surface area contributed by atoms with Crippen LogP contribution in [0.3, 0.4) is 0 Å². The summed E-state index contributed by atoms with van der Waals surface area (Å²) in [6.45, 7) is 2.00. The van der Waals surface area contributed by atoms with Crippen LogP contribution < -0.4 is 24.3 Å². The van der Waals surface area contributed by atoms with Crippen molar-refractivity contribution in [1.82, 2.24) is 0 Å². The second-order valence-corrected chi connectivity index (χ2v) is 5.37. The van der Waals surface area contributed by atoms with E-state index in [4.69, 9.17) is 18.9 Å². The van der Waals surface area contributed by atoms with Crippen molar-refractivity contribution in [3.8, 4) is 23.0 Å². The van der Waals surface area contributed by atoms with Gasteiger partial charge in [-0.05, 0) is 31.2 Å². The van der Waals surface area contributed by atoms with Gasteiger partial charge in [0.05, 0.1) is 0 Å². The molecule has 0 spiro atoms. The van der Waals surface area contributed by atoms with Gasteiger partial charge in [0.25, 0.3) is 5.91 Å². The minimum Gasteiger partial charge on any atom is -0.482 e. The van der Waals surface area contributed by atoms with Crippen molar-refractivity contribution in [2.45, 2.75) is 19.1 Å². The van der Waals surface area contributed by atoms with Crippen LogP contribution in [0.1, 0.15) is 6.92 Å². The normalized spacial score (nSPS) is 20.9. The van der Waals surface area contributed by atoms with Crippen molar-refractivity contribution in [1.29, 1.82) is 0 Å². The fourth-order valence-electron chi connectivity index (χ4n) is 2.59. The highest BCUT2D eigenvalue weighted by Gasteiger charge is 2.34. The SMILES string of the molecule is C[C@@H]1Oc2ccccc2O[C@H]1C(=O)Nc1ccc2c(c1)OCO2. The molecular weight excluding hydrogens is 298 g/mol. The summed E-state index contributed by atoms with van der Waals surface area (Å²) >= 11 is 0. The summed E-state index contributed by atoms with van der Waals surface area (Å²) in [7, 11) is 0. The van der Waals surface area contributed by atoms with Crippen LogP contribution in [-0.4, -0.2) is 24.9 Å². The van der Waals surface area contributed by atoms with Crippen molar-refractivity contribution in [3.63, 3.8) is 0 Å². The molecule has 0 aliphatic carbocycles. The van der Waals surface area contributed by atoms with Gasteiger partial charge in [0.15, 0.2) is 23.0 Å². The molecule has 2 atom stereocenters. The van der Waals surface area contributed by atoms with Crippen LogP contribution in [0.4, 0.5) is 5.69 Å². The first-order valence-corrected chi connectivity index (χ1v) is 7.33. The smallest absolute Gasteiger partial charge is 0.269 e. The minimum absolute atomic E-state index is 0.195. The number of amides is 1. The van der Waals surface area contributed by atoms with Crippen LogP contribution in [0.15, 0.2) is 42.5 Å². The van der Waals surface area contributed by atoms with Gasteiger partial charge in [-0.2, -0.15) is 0 Å². The Labute approximate surface area is 132 Å². The third-order valence-electron chi connectivity index (χ3n) is 3.74. The fourth-order valence-corrected chi connectivity index (χ4v) is 2.59. The van der Waals surface area contributed by atoms with Crippen molar-refractivity contribution in [3.05, 3.63) is 42.5 Å². The molecule has 4 rings (SSSR count). The summed E-state index contributed by atoms with van der Waals surface area (Å²) < 4.78 is 22.1. The zero-order valence-electron chi connectivity index (χ0n) is 12.4. The molecular formula is C17H15NO5. The number of benzene rings is 2. The summed E-state index contributed by atoms with van der Waals surface area (Å²) in [5.74, 6) is 2.22. The van der Waals surface area contributed by atoms with E-state index in [1.54, 1.807) is 31.2 Å². The number of rotatable bonds is 2. The van der Waals surface area contributed by atoms with E-state index in [0.29, 0.717) is 28.7 Å². The molecule has 2 aliphatic rings. The first-order valence-electron chi connectivity index (χ1n) is 7.33. The maximum Gasteiger partial charge on any atom is 0.269 e. The van der Waals surface area contributed by atoms with E-state index in [9.17, 15) is 4.79 Å². The molecule has 2 aliphatic heterocycles. The molecule has 1 amide bonds. The molecule has 2 aromatic carbocycles. The summed E-state index contributed by atoms with van der Waals surface area (Å²) in [6.07, 6.45) is -1.12. The predicted octanol–water partition coefficient (Wildman–Crippen LogP) is 2.58. The lowest BCUT2D eigenvalue weighted by Crippen LogP contribution is -2.46. The standard InChI is InChI=1S/C17H15NO5/c1-10-16(23-14-5-3-2-4-13(14)22-10)17(19)18-11-6-7-12-15(8-11)21-9-20-12/h2-8,10,16H,9H2,1H3,(H,18,19)/t10-,16+/m0/s1. The molecule has 0 unspecified atom stereocenters. The van der Waals surface area contributed by atoms with E-state index in [2.05, 4.69) is 5.32 Å². The van der Waals surface area contributed by atoms with E-state index in [0.717, 1.165) is 0 Å². The highest BCUT2D eigenvalue weighted by atomic mass is 16.7. The number of para-hydroxylation sites is 2. The second kappa shape index (κ2) is 5.39. The van der Waals surface area contributed by atoms with Crippen molar-refractivity contribution >= 4 is 11.6 Å². The zero-order valence-corrected chi connectivity index (χ0v) is 12.4. The van der Waals surface area contributed by atoms with Crippen LogP contribution in [0.25, 0.3) is 0 Å². The van der Waals surface area contributed by atoms with E-state index in [1.165, 1.54) is 0 Å². The van der Waals surface area contributed by atoms with E-state index in [-0.39, 0.29) is 18.8 Å². The third kappa shape index (κ3) is 2.52. The minimum atomic E-state index is -0.727. The van der Waals surface area contributed by atoms with Crippen molar-refractivity contribution < 1.29 is 23.7 Å². The predicted molar refractivity (Wildman–Crippen MR) is 82.1 cm³/mol. The number of anilines is 1. The summed E-state index contributed by atoms with van der Waals surface area (Å²) in [6, 6.07) is 12.5. The monoisotopic (exact) mass is 313 g/mol. The van der Waals surface area contributed by atoms with Gasteiger partial charge >= 0.3 is 0 Å².